The molecule has 2 fully saturated rings. The zero-order chi connectivity index (χ0) is 17.9. The van der Waals surface area contributed by atoms with E-state index in [9.17, 15) is 27.6 Å². The highest BCUT2D eigenvalue weighted by Gasteiger charge is 2.53. The molecule has 10 heteroatoms. The van der Waals surface area contributed by atoms with E-state index in [1.54, 1.807) is 4.90 Å². The van der Waals surface area contributed by atoms with Crippen LogP contribution in [-0.4, -0.2) is 71.7 Å². The van der Waals surface area contributed by atoms with Crippen molar-refractivity contribution in [2.24, 2.45) is 11.8 Å². The number of halogens is 3. The molecule has 2 atom stereocenters. The van der Waals surface area contributed by atoms with Crippen LogP contribution in [0.4, 0.5) is 18.0 Å². The number of carbonyl (C=O) groups is 3. The third kappa shape index (κ3) is 4.30. The van der Waals surface area contributed by atoms with E-state index in [0.29, 0.717) is 13.1 Å². The van der Waals surface area contributed by atoms with Crippen molar-refractivity contribution in [1.29, 1.82) is 0 Å². The highest BCUT2D eigenvalue weighted by Crippen LogP contribution is 2.37. The van der Waals surface area contributed by atoms with Gasteiger partial charge in [0.2, 0.25) is 5.91 Å². The van der Waals surface area contributed by atoms with E-state index < -0.39 is 43.1 Å². The Labute approximate surface area is 136 Å². The van der Waals surface area contributed by atoms with Gasteiger partial charge in [0, 0.05) is 26.2 Å². The summed E-state index contributed by atoms with van der Waals surface area (Å²) in [5, 5.41) is 11.2. The molecule has 0 bridgehead atoms. The van der Waals surface area contributed by atoms with Gasteiger partial charge in [0.25, 0.3) is 0 Å². The van der Waals surface area contributed by atoms with Gasteiger partial charge in [-0.25, -0.2) is 4.79 Å². The molecule has 0 spiro atoms. The molecule has 0 aromatic heterocycles. The molecular weight excluding hydrogens is 331 g/mol. The molecule has 3 amide bonds. The van der Waals surface area contributed by atoms with E-state index in [-0.39, 0.29) is 12.5 Å². The van der Waals surface area contributed by atoms with E-state index in [1.807, 2.05) is 0 Å². The Morgan fingerprint density at radius 2 is 1.67 bits per heavy atom. The molecular formula is C14H20F3N3O4. The van der Waals surface area contributed by atoms with Gasteiger partial charge in [0.05, 0.1) is 18.4 Å². The van der Waals surface area contributed by atoms with E-state index in [0.717, 1.165) is 24.2 Å². The maximum absolute atomic E-state index is 12.9. The fourth-order valence-electron chi connectivity index (χ4n) is 3.07. The minimum atomic E-state index is -4.69. The third-order valence-corrected chi connectivity index (χ3v) is 4.44. The summed E-state index contributed by atoms with van der Waals surface area (Å²) in [6.07, 6.45) is -1.88. The summed E-state index contributed by atoms with van der Waals surface area (Å²) in [7, 11) is 0. The Hall–Kier alpha value is -2.00. The molecule has 0 unspecified atom stereocenters. The lowest BCUT2D eigenvalue weighted by Gasteiger charge is -2.27. The zero-order valence-corrected chi connectivity index (χ0v) is 13.0. The summed E-state index contributed by atoms with van der Waals surface area (Å²) in [5.74, 6) is -5.66. The van der Waals surface area contributed by atoms with Crippen LogP contribution in [0.15, 0.2) is 0 Å². The van der Waals surface area contributed by atoms with Crippen molar-refractivity contribution in [3.63, 3.8) is 0 Å². The Morgan fingerprint density at radius 3 is 2.17 bits per heavy atom. The van der Waals surface area contributed by atoms with Crippen molar-refractivity contribution < 1.29 is 32.7 Å². The number of aliphatic carboxylic acids is 1. The van der Waals surface area contributed by atoms with Gasteiger partial charge in [-0.3, -0.25) is 9.59 Å². The molecule has 0 aliphatic carbocycles. The van der Waals surface area contributed by atoms with Gasteiger partial charge in [0.1, 0.15) is 0 Å². The lowest BCUT2D eigenvalue weighted by Crippen LogP contribution is -2.46. The van der Waals surface area contributed by atoms with Gasteiger partial charge in [-0.05, 0) is 19.3 Å². The van der Waals surface area contributed by atoms with Crippen molar-refractivity contribution >= 4 is 17.9 Å². The fourth-order valence-corrected chi connectivity index (χ4v) is 3.07. The summed E-state index contributed by atoms with van der Waals surface area (Å²) in [6, 6.07) is -0.849. The van der Waals surface area contributed by atoms with Crippen LogP contribution < -0.4 is 5.32 Å². The smallest absolute Gasteiger partial charge is 0.394 e. The molecule has 136 valence electrons. The van der Waals surface area contributed by atoms with E-state index in [4.69, 9.17) is 5.11 Å². The molecule has 24 heavy (non-hydrogen) atoms. The molecule has 7 nitrogen and oxygen atoms in total. The average Bonchev–Trinajstić information content (AvgIpc) is 2.99. The van der Waals surface area contributed by atoms with Crippen molar-refractivity contribution in [3.8, 4) is 0 Å². The molecule has 2 rings (SSSR count). The van der Waals surface area contributed by atoms with Crippen LogP contribution in [0.2, 0.25) is 0 Å². The maximum atomic E-state index is 12.9. The minimum absolute atomic E-state index is 0.288. The van der Waals surface area contributed by atoms with Gasteiger partial charge in [0.15, 0.2) is 0 Å². The predicted octanol–water partition coefficient (Wildman–Crippen LogP) is 0.903. The molecule has 0 radical (unpaired) electrons. The number of likely N-dealkylation sites (tertiary alicyclic amines) is 2. The number of piperidine rings is 1. The van der Waals surface area contributed by atoms with Gasteiger partial charge in [-0.1, -0.05) is 0 Å². The van der Waals surface area contributed by atoms with E-state index in [1.165, 1.54) is 0 Å². The monoisotopic (exact) mass is 351 g/mol. The van der Waals surface area contributed by atoms with Crippen LogP contribution in [0.5, 0.6) is 0 Å². The number of nitrogens with zero attached hydrogens (tertiary/aromatic N) is 2. The average molecular weight is 351 g/mol. The lowest BCUT2D eigenvalue weighted by molar-refractivity contribution is -0.187. The standard InChI is InChI=1S/C14H20F3N3O4/c15-14(16,17)10-8-20(7-9(10)12(22)23)13(24)18-6-11(21)19-4-2-1-3-5-19/h9-10H,1-8H2,(H,18,24)(H,22,23)/t9-,10-/m1/s1. The van der Waals surface area contributed by atoms with Crippen LogP contribution >= 0.6 is 0 Å². The molecule has 2 aliphatic rings. The van der Waals surface area contributed by atoms with Crippen LogP contribution in [0.25, 0.3) is 0 Å². The van der Waals surface area contributed by atoms with Crippen LogP contribution in [0.1, 0.15) is 19.3 Å². The number of carboxylic acids is 1. The number of carbonyl (C=O) groups excluding carboxylic acids is 2. The molecule has 0 saturated carbocycles. The molecule has 0 aromatic rings. The topological polar surface area (TPSA) is 90.0 Å². The summed E-state index contributed by atoms with van der Waals surface area (Å²) in [6.45, 7) is -0.331. The number of rotatable bonds is 3. The summed E-state index contributed by atoms with van der Waals surface area (Å²) in [5.41, 5.74) is 0. The third-order valence-electron chi connectivity index (χ3n) is 4.44. The fraction of sp³-hybridized carbons (Fsp3) is 0.786. The first-order valence-corrected chi connectivity index (χ1v) is 7.80. The van der Waals surface area contributed by atoms with Crippen molar-refractivity contribution in [2.75, 3.05) is 32.7 Å². The van der Waals surface area contributed by atoms with E-state index in [2.05, 4.69) is 5.32 Å². The van der Waals surface area contributed by atoms with Gasteiger partial charge in [-0.2, -0.15) is 13.2 Å². The van der Waals surface area contributed by atoms with Crippen molar-refractivity contribution in [1.82, 2.24) is 15.1 Å². The normalized spacial score (nSPS) is 24.8. The predicted molar refractivity (Wildman–Crippen MR) is 76.1 cm³/mol. The quantitative estimate of drug-likeness (QED) is 0.791. The summed E-state index contributed by atoms with van der Waals surface area (Å²) in [4.78, 5) is 37.3. The first-order valence-electron chi connectivity index (χ1n) is 7.80. The van der Waals surface area contributed by atoms with Crippen molar-refractivity contribution in [2.45, 2.75) is 25.4 Å². The van der Waals surface area contributed by atoms with Gasteiger partial charge in [-0.15, -0.1) is 0 Å². The van der Waals surface area contributed by atoms with Crippen LogP contribution in [0.3, 0.4) is 0 Å². The summed E-state index contributed by atoms with van der Waals surface area (Å²) >= 11 is 0. The molecule has 2 saturated heterocycles. The number of carboxylic acid groups (broad SMARTS) is 1. The van der Waals surface area contributed by atoms with Crippen molar-refractivity contribution in [3.05, 3.63) is 0 Å². The largest absolute Gasteiger partial charge is 0.481 e. The van der Waals surface area contributed by atoms with Crippen LogP contribution in [-0.2, 0) is 9.59 Å². The Bertz CT molecular complexity index is 506. The maximum Gasteiger partial charge on any atom is 0.394 e. The minimum Gasteiger partial charge on any atom is -0.481 e. The first-order chi connectivity index (χ1) is 11.2. The van der Waals surface area contributed by atoms with Gasteiger partial charge < -0.3 is 20.2 Å². The second-order valence-corrected chi connectivity index (χ2v) is 6.10. The Balaban J connectivity index is 1.88. The van der Waals surface area contributed by atoms with Gasteiger partial charge >= 0.3 is 18.2 Å². The Kier molecular flexibility index (Phi) is 5.55. The molecule has 0 aromatic carbocycles. The summed E-state index contributed by atoms with van der Waals surface area (Å²) < 4.78 is 38.6. The highest BCUT2D eigenvalue weighted by molar-refractivity contribution is 5.84. The second kappa shape index (κ2) is 7.27. The molecule has 2 aliphatic heterocycles. The Morgan fingerprint density at radius 1 is 1.04 bits per heavy atom. The highest BCUT2D eigenvalue weighted by atomic mass is 19.4. The second-order valence-electron chi connectivity index (χ2n) is 6.10. The number of nitrogens with one attached hydrogen (secondary N) is 1. The number of hydrogen-bond donors (Lipinski definition) is 2. The number of hydrogen-bond acceptors (Lipinski definition) is 3. The van der Waals surface area contributed by atoms with E-state index >= 15 is 0 Å². The van der Waals surface area contributed by atoms with Crippen LogP contribution in [0, 0.1) is 11.8 Å². The SMILES string of the molecule is O=C(O)[C@@H]1CN(C(=O)NCC(=O)N2CCCCC2)C[C@H]1C(F)(F)F. The first kappa shape index (κ1) is 18.3. The number of alkyl halides is 3. The molecule has 2 heterocycles. The number of amides is 3. The lowest BCUT2D eigenvalue weighted by atomic mass is 9.96. The zero-order valence-electron chi connectivity index (χ0n) is 13.0. The number of urea groups is 1. The molecule has 2 N–H and O–H groups in total.